The van der Waals surface area contributed by atoms with Gasteiger partial charge in [-0.2, -0.15) is 0 Å². The minimum atomic E-state index is -1.32. The highest BCUT2D eigenvalue weighted by molar-refractivity contribution is 9.09. The Hall–Kier alpha value is -4.07. The number of aromatic nitrogens is 3. The highest BCUT2D eigenvalue weighted by Gasteiger charge is 2.77. The molecule has 4 heterocycles. The maximum absolute atomic E-state index is 15.0. The van der Waals surface area contributed by atoms with Gasteiger partial charge in [0.25, 0.3) is 0 Å². The van der Waals surface area contributed by atoms with Gasteiger partial charge in [0.2, 0.25) is 17.7 Å². The van der Waals surface area contributed by atoms with Gasteiger partial charge in [0.15, 0.2) is 0 Å². The summed E-state index contributed by atoms with van der Waals surface area (Å²) in [5.74, 6) is -2.41. The number of fused-ring (bicyclic) bond motifs is 2. The normalized spacial score (nSPS) is 26.2. The molecule has 1 aromatic heterocycles. The van der Waals surface area contributed by atoms with Gasteiger partial charge in [0.05, 0.1) is 42.7 Å². The van der Waals surface area contributed by atoms with Crippen molar-refractivity contribution in [2.75, 3.05) is 31.2 Å². The van der Waals surface area contributed by atoms with Crippen LogP contribution in [0.25, 0.3) is 11.0 Å². The number of anilines is 1. The molecule has 1 spiro atoms. The quantitative estimate of drug-likeness (QED) is 0.196. The third-order valence-corrected chi connectivity index (χ3v) is 10.8. The molecule has 13 heteroatoms. The average molecular weight is 736 g/mol. The first-order valence-electron chi connectivity index (χ1n) is 16.7. The number of halogens is 1. The molecule has 2 aromatic carbocycles. The Morgan fingerprint density at radius 1 is 1.14 bits per heavy atom. The number of amides is 3. The number of carbonyl (C=O) groups is 3. The lowest BCUT2D eigenvalue weighted by molar-refractivity contribution is -0.153. The van der Waals surface area contributed by atoms with Crippen LogP contribution >= 0.6 is 15.9 Å². The van der Waals surface area contributed by atoms with Crippen LogP contribution in [-0.4, -0.2) is 103 Å². The van der Waals surface area contributed by atoms with Crippen LogP contribution in [0.3, 0.4) is 0 Å². The third kappa shape index (κ3) is 5.85. The molecule has 2 bridgehead atoms. The fourth-order valence-electron chi connectivity index (χ4n) is 7.86. The van der Waals surface area contributed by atoms with Gasteiger partial charge < -0.3 is 29.3 Å². The van der Waals surface area contributed by atoms with Crippen molar-refractivity contribution in [2.24, 2.45) is 17.8 Å². The molecule has 3 fully saturated rings. The summed E-state index contributed by atoms with van der Waals surface area (Å²) in [7, 11) is 0. The minimum Gasteiger partial charge on any atom is -0.494 e. The Bertz CT molecular complexity index is 1730. The minimum absolute atomic E-state index is 0.0461. The summed E-state index contributed by atoms with van der Waals surface area (Å²) in [6, 6.07) is 12.9. The van der Waals surface area contributed by atoms with Crippen molar-refractivity contribution in [3.8, 4) is 5.75 Å². The molecule has 3 unspecified atom stereocenters. The lowest BCUT2D eigenvalue weighted by Crippen LogP contribution is -2.60. The van der Waals surface area contributed by atoms with Crippen molar-refractivity contribution < 1.29 is 29.0 Å². The Morgan fingerprint density at radius 3 is 2.51 bits per heavy atom. The molecule has 7 atom stereocenters. The summed E-state index contributed by atoms with van der Waals surface area (Å²) in [5.41, 5.74) is 0.732. The van der Waals surface area contributed by atoms with Gasteiger partial charge in [-0.25, -0.2) is 4.68 Å². The van der Waals surface area contributed by atoms with E-state index in [9.17, 15) is 19.5 Å². The second-order valence-electron chi connectivity index (χ2n) is 13.1. The number of likely N-dealkylation sites (tertiary alicyclic amines) is 1. The van der Waals surface area contributed by atoms with E-state index in [1.807, 2.05) is 45.0 Å². The van der Waals surface area contributed by atoms with E-state index in [-0.39, 0.29) is 54.8 Å². The number of benzene rings is 2. The molecule has 3 aliphatic heterocycles. The second kappa shape index (κ2) is 14.0. The highest BCUT2D eigenvalue weighted by atomic mass is 79.9. The van der Waals surface area contributed by atoms with Crippen LogP contribution in [0.1, 0.15) is 27.2 Å². The van der Waals surface area contributed by atoms with E-state index in [0.717, 1.165) is 5.52 Å². The van der Waals surface area contributed by atoms with E-state index in [1.54, 1.807) is 50.9 Å². The fraction of sp³-hybridized carbons (Fsp3) is 0.472. The molecule has 0 radical (unpaired) electrons. The van der Waals surface area contributed by atoms with Crippen molar-refractivity contribution >= 4 is 50.4 Å². The van der Waals surface area contributed by atoms with Gasteiger partial charge in [-0.05, 0) is 55.7 Å². The molecule has 1 N–H and O–H groups in total. The zero-order valence-corrected chi connectivity index (χ0v) is 29.6. The summed E-state index contributed by atoms with van der Waals surface area (Å²) in [4.78, 5) is 48.9. The molecular weight excluding hydrogens is 692 g/mol. The van der Waals surface area contributed by atoms with Gasteiger partial charge in [-0.15, -0.1) is 18.3 Å². The number of nitrogens with zero attached hydrogens (tertiary/aromatic N) is 6. The fourth-order valence-corrected chi connectivity index (χ4v) is 8.80. The van der Waals surface area contributed by atoms with Gasteiger partial charge in [-0.1, -0.05) is 59.3 Å². The molecule has 0 aliphatic carbocycles. The summed E-state index contributed by atoms with van der Waals surface area (Å²) in [6.07, 6.45) is 2.93. The lowest BCUT2D eigenvalue weighted by Gasteiger charge is -2.40. The summed E-state index contributed by atoms with van der Waals surface area (Å²) in [5, 5.41) is 19.2. The largest absolute Gasteiger partial charge is 0.494 e. The van der Waals surface area contributed by atoms with Gasteiger partial charge >= 0.3 is 0 Å². The van der Waals surface area contributed by atoms with Crippen LogP contribution < -0.4 is 9.64 Å². The summed E-state index contributed by atoms with van der Waals surface area (Å²) >= 11 is 3.77. The van der Waals surface area contributed by atoms with Crippen LogP contribution in [0.5, 0.6) is 5.75 Å². The molecule has 3 saturated heterocycles. The smallest absolute Gasteiger partial charge is 0.250 e. The molecule has 3 aromatic rings. The van der Waals surface area contributed by atoms with E-state index in [4.69, 9.17) is 9.47 Å². The van der Waals surface area contributed by atoms with Gasteiger partial charge in [-0.3, -0.25) is 14.4 Å². The number of para-hydroxylation sites is 1. The van der Waals surface area contributed by atoms with Crippen LogP contribution in [0.2, 0.25) is 0 Å². The lowest BCUT2D eigenvalue weighted by atomic mass is 9.70. The molecule has 49 heavy (non-hydrogen) atoms. The maximum atomic E-state index is 15.0. The second-order valence-corrected chi connectivity index (χ2v) is 14.3. The summed E-state index contributed by atoms with van der Waals surface area (Å²) in [6.45, 7) is 14.0. The van der Waals surface area contributed by atoms with E-state index >= 15 is 0 Å². The standard InChI is InChI=1S/C36H43BrN6O6/c1-6-17-40(21-42-27-12-10-9-11-26(27)38-39-42)35(47)32-36-19-25(37)31(49-36)29(30(36)34(46)43(32)28(20-44)22(4)5)33(45)41(18-7-2)23-13-15-24(16-14-23)48-8-3/h6-7,9-16,22,25,28-32,44H,1-2,8,17-21H2,3-5H3/t25?,28-,29-,30-,31-,32?,36?/m0/s1. The van der Waals surface area contributed by atoms with Gasteiger partial charge in [0, 0.05) is 23.6 Å². The Labute approximate surface area is 294 Å². The van der Waals surface area contributed by atoms with E-state index in [1.165, 1.54) is 4.90 Å². The molecule has 3 amide bonds. The third-order valence-electron chi connectivity index (χ3n) is 9.98. The van der Waals surface area contributed by atoms with Crippen molar-refractivity contribution in [3.63, 3.8) is 0 Å². The van der Waals surface area contributed by atoms with E-state index in [0.29, 0.717) is 30.0 Å². The van der Waals surface area contributed by atoms with Crippen LogP contribution in [0, 0.1) is 17.8 Å². The number of hydrogen-bond acceptors (Lipinski definition) is 8. The van der Waals surface area contributed by atoms with Crippen molar-refractivity contribution in [3.05, 3.63) is 73.8 Å². The van der Waals surface area contributed by atoms with Crippen molar-refractivity contribution in [2.45, 2.75) is 62.5 Å². The van der Waals surface area contributed by atoms with Crippen molar-refractivity contribution in [1.82, 2.24) is 24.8 Å². The number of alkyl halides is 1. The van der Waals surface area contributed by atoms with E-state index < -0.39 is 35.6 Å². The number of rotatable bonds is 14. The molecule has 3 aliphatic rings. The topological polar surface area (TPSA) is 130 Å². The number of ether oxygens (including phenoxy) is 2. The molecule has 0 saturated carbocycles. The number of aliphatic hydroxyl groups excluding tert-OH is 1. The van der Waals surface area contributed by atoms with Crippen molar-refractivity contribution in [1.29, 1.82) is 0 Å². The zero-order valence-electron chi connectivity index (χ0n) is 28.0. The van der Waals surface area contributed by atoms with Crippen LogP contribution in [0.4, 0.5) is 5.69 Å². The first-order valence-corrected chi connectivity index (χ1v) is 17.6. The maximum Gasteiger partial charge on any atom is 0.250 e. The number of aliphatic hydroxyl groups is 1. The monoisotopic (exact) mass is 734 g/mol. The first-order chi connectivity index (χ1) is 23.6. The zero-order chi connectivity index (χ0) is 35.0. The Morgan fingerprint density at radius 2 is 1.86 bits per heavy atom. The van der Waals surface area contributed by atoms with Crippen LogP contribution in [-0.2, 0) is 25.8 Å². The number of hydrogen-bond donors (Lipinski definition) is 1. The molecular formula is C36H43BrN6O6. The molecule has 6 rings (SSSR count). The molecule has 12 nitrogen and oxygen atoms in total. The summed E-state index contributed by atoms with van der Waals surface area (Å²) < 4.78 is 14.0. The average Bonchev–Trinajstić information content (AvgIpc) is 3.81. The van der Waals surface area contributed by atoms with Crippen LogP contribution in [0.15, 0.2) is 73.8 Å². The molecule has 260 valence electrons. The highest BCUT2D eigenvalue weighted by Crippen LogP contribution is 2.61. The first kappa shape index (κ1) is 34.8. The number of carbonyl (C=O) groups excluding carboxylic acids is 3. The van der Waals surface area contributed by atoms with E-state index in [2.05, 4.69) is 39.4 Å². The predicted octanol–water partition coefficient (Wildman–Crippen LogP) is 3.79. The van der Waals surface area contributed by atoms with Gasteiger partial charge in [0.1, 0.15) is 29.6 Å². The SMILES string of the molecule is C=CCN(Cn1nnc2ccccc21)C(=O)C1N([C@@H](CO)C(C)C)C(=O)[C@@H]2[C@H](C(=O)N(CC=C)c3ccc(OCC)cc3)[C@H]3OC12CC3Br. The Kier molecular flexibility index (Phi) is 9.97. The Balaban J connectivity index is 1.41. The predicted molar refractivity (Wildman–Crippen MR) is 188 cm³/mol.